The van der Waals surface area contributed by atoms with Gasteiger partial charge in [-0.05, 0) is 13.0 Å². The lowest BCUT2D eigenvalue weighted by molar-refractivity contribution is -0.385. The topological polar surface area (TPSA) is 127 Å². The molecule has 1 aromatic rings. The van der Waals surface area contributed by atoms with Crippen LogP contribution in [-0.2, 0) is 14.8 Å². The van der Waals surface area contributed by atoms with Crippen LogP contribution in [0.3, 0.4) is 0 Å². The van der Waals surface area contributed by atoms with E-state index < -0.39 is 20.9 Å². The number of carboxylic acids is 1. The first-order valence-electron chi connectivity index (χ1n) is 5.20. The van der Waals surface area contributed by atoms with Crippen molar-refractivity contribution in [2.75, 3.05) is 6.54 Å². The Kier molecular flexibility index (Phi) is 4.57. The quantitative estimate of drug-likeness (QED) is 0.584. The number of carbonyl (C=O) groups is 1. The van der Waals surface area contributed by atoms with Gasteiger partial charge in [0, 0.05) is 18.2 Å². The van der Waals surface area contributed by atoms with Crippen molar-refractivity contribution in [2.45, 2.75) is 18.2 Å². The molecule has 0 aliphatic rings. The smallest absolute Gasteiger partial charge is 0.304 e. The summed E-state index contributed by atoms with van der Waals surface area (Å²) in [5, 5.41) is 19.1. The molecule has 1 rings (SSSR count). The molecule has 9 heteroatoms. The number of carboxylic acid groups (broad SMARTS) is 1. The maximum Gasteiger partial charge on any atom is 0.304 e. The summed E-state index contributed by atoms with van der Waals surface area (Å²) in [5.41, 5.74) is 0.0376. The van der Waals surface area contributed by atoms with E-state index in [0.29, 0.717) is 5.56 Å². The third kappa shape index (κ3) is 4.00. The third-order valence-electron chi connectivity index (χ3n) is 2.32. The Hall–Kier alpha value is -2.00. The molecule has 0 fully saturated rings. The van der Waals surface area contributed by atoms with Gasteiger partial charge < -0.3 is 5.11 Å². The molecule has 0 heterocycles. The number of nitro groups is 1. The Morgan fingerprint density at radius 3 is 2.63 bits per heavy atom. The Morgan fingerprint density at radius 1 is 1.47 bits per heavy atom. The van der Waals surface area contributed by atoms with E-state index in [1.165, 1.54) is 19.1 Å². The van der Waals surface area contributed by atoms with E-state index in [1.54, 1.807) is 0 Å². The SMILES string of the molecule is Cc1ccc(S(=O)(=O)NCCC(=O)O)cc1[N+](=O)[O-]. The first kappa shape index (κ1) is 15.1. The van der Waals surface area contributed by atoms with E-state index in [1.807, 2.05) is 0 Å². The molecule has 0 saturated carbocycles. The summed E-state index contributed by atoms with van der Waals surface area (Å²) in [6.07, 6.45) is -0.368. The van der Waals surface area contributed by atoms with Crippen molar-refractivity contribution in [1.29, 1.82) is 0 Å². The molecule has 19 heavy (non-hydrogen) atoms. The Labute approximate surface area is 109 Å². The molecule has 0 bridgehead atoms. The highest BCUT2D eigenvalue weighted by atomic mass is 32.2. The summed E-state index contributed by atoms with van der Waals surface area (Å²) in [5.74, 6) is -1.14. The number of aliphatic carboxylic acids is 1. The van der Waals surface area contributed by atoms with Crippen molar-refractivity contribution in [3.8, 4) is 0 Å². The molecular weight excluding hydrogens is 276 g/mol. The molecule has 0 aromatic heterocycles. The Balaban J connectivity index is 2.99. The number of hydrogen-bond acceptors (Lipinski definition) is 5. The van der Waals surface area contributed by atoms with E-state index in [-0.39, 0.29) is 23.5 Å². The average Bonchev–Trinajstić information content (AvgIpc) is 2.27. The molecule has 104 valence electrons. The molecule has 0 saturated heterocycles. The van der Waals surface area contributed by atoms with Crippen LogP contribution in [0.25, 0.3) is 0 Å². The van der Waals surface area contributed by atoms with Crippen molar-refractivity contribution in [3.63, 3.8) is 0 Å². The van der Waals surface area contributed by atoms with Crippen LogP contribution in [0.15, 0.2) is 23.1 Å². The summed E-state index contributed by atoms with van der Waals surface area (Å²) in [6.45, 7) is 1.21. The van der Waals surface area contributed by atoms with E-state index in [4.69, 9.17) is 5.11 Å². The minimum Gasteiger partial charge on any atom is -0.481 e. The van der Waals surface area contributed by atoms with Crippen molar-refractivity contribution in [2.24, 2.45) is 0 Å². The van der Waals surface area contributed by atoms with Gasteiger partial charge in [0.15, 0.2) is 0 Å². The zero-order chi connectivity index (χ0) is 14.6. The monoisotopic (exact) mass is 288 g/mol. The predicted molar refractivity (Wildman–Crippen MR) is 65.3 cm³/mol. The van der Waals surface area contributed by atoms with Crippen molar-refractivity contribution >= 4 is 21.7 Å². The summed E-state index contributed by atoms with van der Waals surface area (Å²) in [6, 6.07) is 3.49. The highest BCUT2D eigenvalue weighted by Gasteiger charge is 2.19. The molecule has 2 N–H and O–H groups in total. The molecule has 8 nitrogen and oxygen atoms in total. The van der Waals surface area contributed by atoms with Crippen molar-refractivity contribution in [3.05, 3.63) is 33.9 Å². The molecule has 0 aliphatic carbocycles. The maximum absolute atomic E-state index is 11.8. The molecule has 0 aliphatic heterocycles. The molecule has 0 atom stereocenters. The third-order valence-corrected chi connectivity index (χ3v) is 3.78. The van der Waals surface area contributed by atoms with Crippen molar-refractivity contribution < 1.29 is 23.2 Å². The fraction of sp³-hybridized carbons (Fsp3) is 0.300. The number of nitrogens with zero attached hydrogens (tertiary/aromatic N) is 1. The lowest BCUT2D eigenvalue weighted by atomic mass is 10.2. The second-order valence-electron chi connectivity index (χ2n) is 3.75. The average molecular weight is 288 g/mol. The predicted octanol–water partition coefficient (Wildman–Crippen LogP) is 0.656. The number of benzene rings is 1. The van der Waals surface area contributed by atoms with Crippen LogP contribution in [0.2, 0.25) is 0 Å². The zero-order valence-corrected chi connectivity index (χ0v) is 10.8. The lowest BCUT2D eigenvalue weighted by Crippen LogP contribution is -2.26. The summed E-state index contributed by atoms with van der Waals surface area (Å²) < 4.78 is 25.6. The van der Waals surface area contributed by atoms with Gasteiger partial charge in [-0.15, -0.1) is 0 Å². The number of sulfonamides is 1. The molecule has 1 aromatic carbocycles. The van der Waals surface area contributed by atoms with Gasteiger partial charge in [-0.2, -0.15) is 0 Å². The van der Waals surface area contributed by atoms with Gasteiger partial charge in [0.1, 0.15) is 0 Å². The molecule has 0 radical (unpaired) electrons. The highest BCUT2D eigenvalue weighted by molar-refractivity contribution is 7.89. The van der Waals surface area contributed by atoms with E-state index in [9.17, 15) is 23.3 Å². The second kappa shape index (κ2) is 5.76. The maximum atomic E-state index is 11.8. The van der Waals surface area contributed by atoms with E-state index in [0.717, 1.165) is 6.07 Å². The standard InChI is InChI=1S/C10H12N2O6S/c1-7-2-3-8(6-9(7)12(15)16)19(17,18)11-5-4-10(13)14/h2-3,6,11H,4-5H2,1H3,(H,13,14). The second-order valence-corrected chi connectivity index (χ2v) is 5.51. The Bertz CT molecular complexity index is 610. The number of aryl methyl sites for hydroxylation is 1. The van der Waals surface area contributed by atoms with Gasteiger partial charge in [0.2, 0.25) is 10.0 Å². The zero-order valence-electron chi connectivity index (χ0n) is 9.99. The minimum absolute atomic E-state index is 0.268. The lowest BCUT2D eigenvalue weighted by Gasteiger charge is -2.06. The van der Waals surface area contributed by atoms with Gasteiger partial charge in [-0.1, -0.05) is 6.07 Å². The van der Waals surface area contributed by atoms with Crippen LogP contribution in [0.1, 0.15) is 12.0 Å². The Morgan fingerprint density at radius 2 is 2.11 bits per heavy atom. The summed E-state index contributed by atoms with van der Waals surface area (Å²) >= 11 is 0. The largest absolute Gasteiger partial charge is 0.481 e. The van der Waals surface area contributed by atoms with E-state index in [2.05, 4.69) is 4.72 Å². The molecule has 0 unspecified atom stereocenters. The minimum atomic E-state index is -3.95. The molecule has 0 amide bonds. The molecule has 0 spiro atoms. The summed E-state index contributed by atoms with van der Waals surface area (Å²) in [4.78, 5) is 20.1. The number of nitro benzene ring substituents is 1. The van der Waals surface area contributed by atoms with Crippen LogP contribution in [0, 0.1) is 17.0 Å². The van der Waals surface area contributed by atoms with Gasteiger partial charge >= 0.3 is 5.97 Å². The number of hydrogen-bond donors (Lipinski definition) is 2. The van der Waals surface area contributed by atoms with E-state index >= 15 is 0 Å². The van der Waals surface area contributed by atoms with Crippen molar-refractivity contribution in [1.82, 2.24) is 4.72 Å². The fourth-order valence-electron chi connectivity index (χ4n) is 1.33. The highest BCUT2D eigenvalue weighted by Crippen LogP contribution is 2.21. The van der Waals surface area contributed by atoms with Crippen LogP contribution in [-0.4, -0.2) is 31.0 Å². The van der Waals surface area contributed by atoms with Gasteiger partial charge in [0.25, 0.3) is 5.69 Å². The van der Waals surface area contributed by atoms with Gasteiger partial charge in [-0.25, -0.2) is 13.1 Å². The van der Waals surface area contributed by atoms with Gasteiger partial charge in [-0.3, -0.25) is 14.9 Å². The fourth-order valence-corrected chi connectivity index (χ4v) is 2.38. The summed E-state index contributed by atoms with van der Waals surface area (Å²) in [7, 11) is -3.95. The van der Waals surface area contributed by atoms with Gasteiger partial charge in [0.05, 0.1) is 16.2 Å². The number of nitrogens with one attached hydrogen (secondary N) is 1. The first-order chi connectivity index (χ1) is 8.74. The first-order valence-corrected chi connectivity index (χ1v) is 6.69. The van der Waals surface area contributed by atoms with Crippen LogP contribution >= 0.6 is 0 Å². The number of rotatable bonds is 6. The van der Waals surface area contributed by atoms with Crippen LogP contribution in [0.5, 0.6) is 0 Å². The normalized spacial score (nSPS) is 11.2. The van der Waals surface area contributed by atoms with Crippen LogP contribution < -0.4 is 4.72 Å². The van der Waals surface area contributed by atoms with Crippen LogP contribution in [0.4, 0.5) is 5.69 Å². The molecular formula is C10H12N2O6S.